The lowest BCUT2D eigenvalue weighted by molar-refractivity contribution is 0.416. The summed E-state index contributed by atoms with van der Waals surface area (Å²) < 4.78 is 5.54. The van der Waals surface area contributed by atoms with E-state index in [-0.39, 0.29) is 16.3 Å². The Morgan fingerprint density at radius 3 is 1.72 bits per heavy atom. The van der Waals surface area contributed by atoms with Gasteiger partial charge >= 0.3 is 0 Å². The Balaban J connectivity index is 1.82. The van der Waals surface area contributed by atoms with Crippen molar-refractivity contribution in [3.05, 3.63) is 133 Å². The van der Waals surface area contributed by atoms with Crippen molar-refractivity contribution in [2.45, 2.75) is 51.9 Å². The SMILES string of the molecule is COc1ccccc1-c1ccccc(C(C)(C)Cc2cccc(-c3ccccc(C(C)(C)C)c3=O)c2Cl)c1=O. The van der Waals surface area contributed by atoms with Gasteiger partial charge in [0.15, 0.2) is 10.9 Å². The molecule has 0 aliphatic rings. The molecule has 0 fully saturated rings. The van der Waals surface area contributed by atoms with Crippen molar-refractivity contribution in [2.24, 2.45) is 0 Å². The molecule has 0 radical (unpaired) electrons. The molecule has 0 N–H and O–H groups in total. The molecule has 0 atom stereocenters. The summed E-state index contributed by atoms with van der Waals surface area (Å²) in [6, 6.07) is 28.4. The van der Waals surface area contributed by atoms with Gasteiger partial charge in [0.2, 0.25) is 0 Å². The van der Waals surface area contributed by atoms with E-state index in [1.165, 1.54) is 0 Å². The van der Waals surface area contributed by atoms with Gasteiger partial charge in [-0.3, -0.25) is 9.59 Å². The van der Waals surface area contributed by atoms with Crippen molar-refractivity contribution >= 4 is 11.6 Å². The van der Waals surface area contributed by atoms with E-state index in [2.05, 4.69) is 13.8 Å². The van der Waals surface area contributed by atoms with Gasteiger partial charge in [-0.1, -0.05) is 131 Å². The van der Waals surface area contributed by atoms with E-state index in [0.717, 1.165) is 16.7 Å². The van der Waals surface area contributed by atoms with Crippen LogP contribution in [0.15, 0.2) is 101 Å². The zero-order valence-electron chi connectivity index (χ0n) is 23.5. The van der Waals surface area contributed by atoms with Crippen LogP contribution < -0.4 is 15.6 Å². The topological polar surface area (TPSA) is 43.4 Å². The molecule has 0 saturated heterocycles. The van der Waals surface area contributed by atoms with Crippen LogP contribution in [0.5, 0.6) is 5.75 Å². The number of benzene rings is 2. The smallest absolute Gasteiger partial charge is 0.190 e. The molecule has 0 aliphatic heterocycles. The van der Waals surface area contributed by atoms with Gasteiger partial charge in [-0.15, -0.1) is 0 Å². The van der Waals surface area contributed by atoms with E-state index in [4.69, 9.17) is 16.3 Å². The van der Waals surface area contributed by atoms with Crippen molar-refractivity contribution in [1.29, 1.82) is 0 Å². The van der Waals surface area contributed by atoms with Crippen LogP contribution in [0.2, 0.25) is 5.02 Å². The molecule has 4 aromatic rings. The lowest BCUT2D eigenvalue weighted by atomic mass is 9.78. The van der Waals surface area contributed by atoms with Crippen LogP contribution in [-0.2, 0) is 17.3 Å². The Morgan fingerprint density at radius 2 is 1.10 bits per heavy atom. The van der Waals surface area contributed by atoms with Crippen molar-refractivity contribution in [3.63, 3.8) is 0 Å². The first kappa shape index (κ1) is 28.3. The first-order chi connectivity index (χ1) is 18.5. The number of hydrogen-bond donors (Lipinski definition) is 0. The van der Waals surface area contributed by atoms with Gasteiger partial charge in [-0.2, -0.15) is 0 Å². The Kier molecular flexibility index (Phi) is 8.13. The molecule has 0 saturated carbocycles. The number of methoxy groups -OCH3 is 1. The van der Waals surface area contributed by atoms with Crippen molar-refractivity contribution in [1.82, 2.24) is 0 Å². The Labute approximate surface area is 236 Å². The van der Waals surface area contributed by atoms with Gasteiger partial charge in [0.25, 0.3) is 0 Å². The number of hydrogen-bond acceptors (Lipinski definition) is 3. The van der Waals surface area contributed by atoms with Crippen LogP contribution in [0, 0.1) is 0 Å². The van der Waals surface area contributed by atoms with E-state index in [0.29, 0.717) is 39.4 Å². The number of ether oxygens (including phenoxy) is 1. The van der Waals surface area contributed by atoms with E-state index >= 15 is 0 Å². The molecule has 0 unspecified atom stereocenters. The molecular formula is C35H35ClO3. The lowest BCUT2D eigenvalue weighted by Crippen LogP contribution is -2.28. The molecule has 0 aromatic heterocycles. The second-order valence-electron chi connectivity index (χ2n) is 11.5. The van der Waals surface area contributed by atoms with Gasteiger partial charge in [0.1, 0.15) is 5.75 Å². The minimum atomic E-state index is -0.548. The zero-order chi connectivity index (χ0) is 28.4. The first-order valence-corrected chi connectivity index (χ1v) is 13.5. The summed E-state index contributed by atoms with van der Waals surface area (Å²) >= 11 is 7.02. The summed E-state index contributed by atoms with van der Waals surface area (Å²) in [6.07, 6.45) is 0.517. The third-order valence-electron chi connectivity index (χ3n) is 7.19. The van der Waals surface area contributed by atoms with Crippen molar-refractivity contribution < 1.29 is 4.74 Å². The highest BCUT2D eigenvalue weighted by atomic mass is 35.5. The van der Waals surface area contributed by atoms with Gasteiger partial charge in [0, 0.05) is 33.4 Å². The summed E-state index contributed by atoms with van der Waals surface area (Å²) in [5.74, 6) is 0.652. The van der Waals surface area contributed by atoms with Crippen molar-refractivity contribution in [2.75, 3.05) is 7.11 Å². The van der Waals surface area contributed by atoms with E-state index in [1.807, 2.05) is 112 Å². The molecule has 0 aliphatic carbocycles. The fourth-order valence-electron chi connectivity index (χ4n) is 5.11. The van der Waals surface area contributed by atoms with Gasteiger partial charge in [-0.05, 0) is 28.9 Å². The van der Waals surface area contributed by atoms with Crippen LogP contribution >= 0.6 is 11.6 Å². The summed E-state index contributed by atoms with van der Waals surface area (Å²) in [5, 5.41) is 0.534. The summed E-state index contributed by atoms with van der Waals surface area (Å²) in [5.41, 5.74) is 3.99. The second kappa shape index (κ2) is 11.2. The minimum Gasteiger partial charge on any atom is -0.496 e. The monoisotopic (exact) mass is 538 g/mol. The maximum Gasteiger partial charge on any atom is 0.190 e. The van der Waals surface area contributed by atoms with Gasteiger partial charge in [0.05, 0.1) is 12.1 Å². The highest BCUT2D eigenvalue weighted by Crippen LogP contribution is 2.35. The van der Waals surface area contributed by atoms with Gasteiger partial charge < -0.3 is 4.74 Å². The minimum absolute atomic E-state index is 0.0239. The predicted octanol–water partition coefficient (Wildman–Crippen LogP) is 8.22. The van der Waals surface area contributed by atoms with Crippen molar-refractivity contribution in [3.8, 4) is 28.0 Å². The molecule has 0 heterocycles. The molecule has 0 spiro atoms. The van der Waals surface area contributed by atoms with E-state index in [1.54, 1.807) is 7.11 Å². The summed E-state index contributed by atoms with van der Waals surface area (Å²) in [4.78, 5) is 27.5. The highest BCUT2D eigenvalue weighted by molar-refractivity contribution is 6.34. The second-order valence-corrected chi connectivity index (χ2v) is 11.9. The molecule has 200 valence electrons. The van der Waals surface area contributed by atoms with E-state index < -0.39 is 5.41 Å². The van der Waals surface area contributed by atoms with E-state index in [9.17, 15) is 9.59 Å². The maximum atomic E-state index is 13.9. The van der Waals surface area contributed by atoms with Crippen LogP contribution in [0.3, 0.4) is 0 Å². The predicted molar refractivity (Wildman–Crippen MR) is 163 cm³/mol. The normalized spacial score (nSPS) is 11.8. The fraction of sp³-hybridized carbons (Fsp3) is 0.257. The fourth-order valence-corrected chi connectivity index (χ4v) is 5.41. The Bertz CT molecular complexity index is 1630. The van der Waals surface area contributed by atoms with Gasteiger partial charge in [-0.25, -0.2) is 0 Å². The zero-order valence-corrected chi connectivity index (χ0v) is 24.2. The molecule has 4 rings (SSSR count). The Hall–Kier alpha value is -3.69. The molecular weight excluding hydrogens is 504 g/mol. The number of para-hydroxylation sites is 1. The molecule has 0 amide bonds. The standard InChI is InChI=1S/C35H35ClO3/c1-34(2,3)28-19-10-7-17-27(32(28)37)25-18-13-14-23(31(25)36)22-35(4,5)29-20-11-8-16-26(33(29)38)24-15-9-12-21-30(24)39-6/h7-21H,22H2,1-6H3. The average Bonchev–Trinajstić information content (AvgIpc) is 3.20. The lowest BCUT2D eigenvalue weighted by Gasteiger charge is -2.25. The van der Waals surface area contributed by atoms with Crippen LogP contribution in [-0.4, -0.2) is 7.11 Å². The largest absolute Gasteiger partial charge is 0.496 e. The van der Waals surface area contributed by atoms with Crippen LogP contribution in [0.4, 0.5) is 0 Å². The van der Waals surface area contributed by atoms with Crippen LogP contribution in [0.25, 0.3) is 22.3 Å². The molecule has 4 heteroatoms. The molecule has 39 heavy (non-hydrogen) atoms. The molecule has 0 bridgehead atoms. The third kappa shape index (κ3) is 5.84. The highest BCUT2D eigenvalue weighted by Gasteiger charge is 2.27. The van der Waals surface area contributed by atoms with Crippen LogP contribution in [0.1, 0.15) is 51.3 Å². The maximum absolute atomic E-state index is 13.9. The summed E-state index contributed by atoms with van der Waals surface area (Å²) in [6.45, 7) is 10.2. The third-order valence-corrected chi connectivity index (χ3v) is 7.63. The number of halogens is 1. The number of rotatable bonds is 6. The molecule has 4 aromatic carbocycles. The quantitative estimate of drug-likeness (QED) is 0.248. The first-order valence-electron chi connectivity index (χ1n) is 13.1. The summed E-state index contributed by atoms with van der Waals surface area (Å²) in [7, 11) is 1.61. The average molecular weight is 539 g/mol. The Morgan fingerprint density at radius 1 is 0.615 bits per heavy atom. The molecule has 3 nitrogen and oxygen atoms in total.